The van der Waals surface area contributed by atoms with Crippen molar-refractivity contribution in [1.82, 2.24) is 15.1 Å². The summed E-state index contributed by atoms with van der Waals surface area (Å²) in [5.74, 6) is -0.428. The molecule has 5 rings (SSSR count). The first-order valence-corrected chi connectivity index (χ1v) is 17.9. The molecule has 0 spiro atoms. The number of rotatable bonds is 9. The maximum absolute atomic E-state index is 15.9. The van der Waals surface area contributed by atoms with Gasteiger partial charge in [-0.15, -0.1) is 22.0 Å². The number of hydrogen-bond donors (Lipinski definition) is 1. The van der Waals surface area contributed by atoms with Gasteiger partial charge in [-0.1, -0.05) is 29.8 Å². The summed E-state index contributed by atoms with van der Waals surface area (Å²) in [5, 5.41) is 8.53. The van der Waals surface area contributed by atoms with Crippen LogP contribution >= 0.6 is 11.8 Å². The van der Waals surface area contributed by atoms with Gasteiger partial charge in [-0.2, -0.15) is 0 Å². The summed E-state index contributed by atoms with van der Waals surface area (Å²) in [4.78, 5) is 43.0. The number of esters is 1. The maximum atomic E-state index is 15.9. The predicted molar refractivity (Wildman–Crippen MR) is 189 cm³/mol. The van der Waals surface area contributed by atoms with E-state index in [1.165, 1.54) is 22.7 Å². The molecule has 1 aromatic heterocycles. The lowest BCUT2D eigenvalue weighted by Crippen LogP contribution is -2.51. The van der Waals surface area contributed by atoms with Crippen molar-refractivity contribution in [3.8, 4) is 11.5 Å². The molecule has 270 valence electrons. The standard InChI is InChI=1S/C37H48FN5O6S/c1-22-9-11-23(12-10-22)19-43-27-15-25(26(38)16-29(27)50-20-28(32(43)45)42(8)34(46)49-36(5,6)7)31-40-41-33(47-31)37(21-39)17-24(18-37)13-14-30(44)48-35(2,3)4/h9-12,15-16,24,28H,13-14,17-21,39H2,1-8H3/t24?,28-,37?/m0/s1. The number of hydrogen-bond acceptors (Lipinski definition) is 10. The van der Waals surface area contributed by atoms with E-state index in [9.17, 15) is 14.4 Å². The first-order valence-electron chi connectivity index (χ1n) is 16.9. The lowest BCUT2D eigenvalue weighted by molar-refractivity contribution is -0.155. The van der Waals surface area contributed by atoms with Crippen LogP contribution in [0.1, 0.15) is 84.2 Å². The summed E-state index contributed by atoms with van der Waals surface area (Å²) in [6, 6.07) is 9.86. The van der Waals surface area contributed by atoms with Crippen LogP contribution < -0.4 is 10.6 Å². The van der Waals surface area contributed by atoms with Gasteiger partial charge in [0.2, 0.25) is 5.89 Å². The molecule has 2 amide bonds. The van der Waals surface area contributed by atoms with E-state index in [0.29, 0.717) is 42.2 Å². The van der Waals surface area contributed by atoms with E-state index >= 15 is 4.39 Å². The van der Waals surface area contributed by atoms with Gasteiger partial charge in [-0.3, -0.25) is 14.5 Å². The maximum Gasteiger partial charge on any atom is 0.410 e. The van der Waals surface area contributed by atoms with Crippen LogP contribution in [0.25, 0.3) is 11.5 Å². The third kappa shape index (κ3) is 8.48. The number of aryl methyl sites for hydroxylation is 1. The lowest BCUT2D eigenvalue weighted by Gasteiger charge is -2.44. The highest BCUT2D eigenvalue weighted by molar-refractivity contribution is 7.99. The van der Waals surface area contributed by atoms with Crippen molar-refractivity contribution in [2.75, 3.05) is 24.2 Å². The highest BCUT2D eigenvalue weighted by Gasteiger charge is 2.48. The van der Waals surface area contributed by atoms with Crippen molar-refractivity contribution in [3.05, 3.63) is 59.2 Å². The van der Waals surface area contributed by atoms with Gasteiger partial charge in [0.15, 0.2) is 0 Å². The van der Waals surface area contributed by atoms with Crippen LogP contribution in [0.3, 0.4) is 0 Å². The molecule has 1 aliphatic heterocycles. The zero-order chi connectivity index (χ0) is 36.6. The average molecular weight is 710 g/mol. The number of thioether (sulfide) groups is 1. The molecule has 1 atom stereocenters. The molecule has 3 aromatic rings. The summed E-state index contributed by atoms with van der Waals surface area (Å²) in [5.41, 5.74) is 6.81. The Kier molecular flexibility index (Phi) is 10.7. The van der Waals surface area contributed by atoms with Crippen molar-refractivity contribution in [2.45, 2.75) is 108 Å². The minimum Gasteiger partial charge on any atom is -0.460 e. The van der Waals surface area contributed by atoms with Gasteiger partial charge in [-0.25, -0.2) is 9.18 Å². The second-order valence-corrected chi connectivity index (χ2v) is 16.5. The summed E-state index contributed by atoms with van der Waals surface area (Å²) in [7, 11) is 1.54. The molecule has 0 bridgehead atoms. The molecule has 11 nitrogen and oxygen atoms in total. The van der Waals surface area contributed by atoms with Gasteiger partial charge in [0.1, 0.15) is 23.1 Å². The number of aromatic nitrogens is 2. The molecule has 1 aliphatic carbocycles. The topological polar surface area (TPSA) is 141 Å². The number of fused-ring (bicyclic) bond motifs is 1. The Morgan fingerprint density at radius 1 is 1.08 bits per heavy atom. The number of nitrogens with two attached hydrogens (primary N) is 1. The van der Waals surface area contributed by atoms with Crippen molar-refractivity contribution in [1.29, 1.82) is 0 Å². The van der Waals surface area contributed by atoms with E-state index in [1.807, 2.05) is 52.0 Å². The Labute approximate surface area is 297 Å². The third-order valence-corrected chi connectivity index (χ3v) is 10.1. The van der Waals surface area contributed by atoms with Crippen LogP contribution in [0.4, 0.5) is 14.9 Å². The van der Waals surface area contributed by atoms with E-state index in [4.69, 9.17) is 19.6 Å². The number of benzene rings is 2. The minimum atomic E-state index is -0.875. The molecule has 1 saturated carbocycles. The Hall–Kier alpha value is -3.97. The summed E-state index contributed by atoms with van der Waals surface area (Å²) in [6.45, 7) is 13.2. The molecule has 0 radical (unpaired) electrons. The Morgan fingerprint density at radius 3 is 2.36 bits per heavy atom. The number of likely N-dealkylation sites (N-methyl/N-ethyl adjacent to an activating group) is 1. The Balaban J connectivity index is 1.42. The van der Waals surface area contributed by atoms with E-state index in [0.717, 1.165) is 11.1 Å². The highest BCUT2D eigenvalue weighted by atomic mass is 32.2. The first kappa shape index (κ1) is 37.3. The molecular formula is C37H48FN5O6S. The molecule has 2 heterocycles. The molecule has 2 aromatic carbocycles. The number of amides is 2. The molecule has 13 heteroatoms. The number of nitrogens with zero attached hydrogens (tertiary/aromatic N) is 4. The fourth-order valence-electron chi connectivity index (χ4n) is 6.29. The third-order valence-electron chi connectivity index (χ3n) is 8.93. The van der Waals surface area contributed by atoms with E-state index in [1.54, 1.807) is 38.8 Å². The summed E-state index contributed by atoms with van der Waals surface area (Å²) in [6.07, 6.45) is 1.65. The van der Waals surface area contributed by atoms with Crippen LogP contribution in [0, 0.1) is 18.7 Å². The van der Waals surface area contributed by atoms with Gasteiger partial charge >= 0.3 is 12.1 Å². The Bertz CT molecular complexity index is 1730. The van der Waals surface area contributed by atoms with Crippen LogP contribution in [0.15, 0.2) is 45.7 Å². The number of carbonyl (C=O) groups is 3. The van der Waals surface area contributed by atoms with E-state index in [-0.39, 0.29) is 48.1 Å². The molecular weight excluding hydrogens is 662 g/mol. The largest absolute Gasteiger partial charge is 0.460 e. The van der Waals surface area contributed by atoms with Crippen molar-refractivity contribution in [2.24, 2.45) is 11.7 Å². The number of carbonyl (C=O) groups excluding carboxylic acids is 3. The zero-order valence-corrected chi connectivity index (χ0v) is 31.0. The predicted octanol–water partition coefficient (Wildman–Crippen LogP) is 6.79. The number of anilines is 1. The normalized spacial score (nSPS) is 20.8. The van der Waals surface area contributed by atoms with Crippen molar-refractivity contribution in [3.63, 3.8) is 0 Å². The highest BCUT2D eigenvalue weighted by Crippen LogP contribution is 2.49. The molecule has 0 saturated heterocycles. The second kappa shape index (κ2) is 14.3. The zero-order valence-electron chi connectivity index (χ0n) is 30.2. The molecule has 50 heavy (non-hydrogen) atoms. The number of halogens is 1. The van der Waals surface area contributed by atoms with Crippen LogP contribution in [-0.2, 0) is 31.0 Å². The van der Waals surface area contributed by atoms with Crippen LogP contribution in [0.5, 0.6) is 0 Å². The molecule has 2 aliphatic rings. The SMILES string of the molecule is Cc1ccc(CN2C(=O)[C@@H](N(C)C(=O)OC(C)(C)C)CSc3cc(F)c(-c4nnc(C5(CN)CC(CCC(=O)OC(C)(C)C)C5)o4)cc32)cc1. The first-order chi connectivity index (χ1) is 23.4. The van der Waals surface area contributed by atoms with Gasteiger partial charge in [0, 0.05) is 30.7 Å². The number of ether oxygens (including phenoxy) is 2. The average Bonchev–Trinajstić information content (AvgIpc) is 3.44. The molecule has 2 N–H and O–H groups in total. The fourth-order valence-corrected chi connectivity index (χ4v) is 7.50. The minimum absolute atomic E-state index is 0.0234. The fraction of sp³-hybridized carbons (Fsp3) is 0.541. The van der Waals surface area contributed by atoms with Crippen LogP contribution in [-0.4, -0.2) is 69.7 Å². The van der Waals surface area contributed by atoms with Crippen molar-refractivity contribution < 1.29 is 32.7 Å². The van der Waals surface area contributed by atoms with Gasteiger partial charge in [-0.05, 0) is 91.3 Å². The second-order valence-electron chi connectivity index (χ2n) is 15.4. The van der Waals surface area contributed by atoms with Gasteiger partial charge < -0.3 is 24.5 Å². The van der Waals surface area contributed by atoms with E-state index in [2.05, 4.69) is 10.2 Å². The molecule has 0 unspecified atom stereocenters. The van der Waals surface area contributed by atoms with E-state index < -0.39 is 34.6 Å². The van der Waals surface area contributed by atoms with Crippen molar-refractivity contribution >= 4 is 35.4 Å². The van der Waals surface area contributed by atoms with Gasteiger partial charge in [0.25, 0.3) is 11.8 Å². The summed E-state index contributed by atoms with van der Waals surface area (Å²) < 4.78 is 33.0. The van der Waals surface area contributed by atoms with Crippen LogP contribution in [0.2, 0.25) is 0 Å². The molecule has 1 fully saturated rings. The lowest BCUT2D eigenvalue weighted by atomic mass is 9.60. The van der Waals surface area contributed by atoms with Gasteiger partial charge in [0.05, 0.1) is 23.2 Å². The quantitative estimate of drug-likeness (QED) is 0.236. The summed E-state index contributed by atoms with van der Waals surface area (Å²) >= 11 is 1.29. The monoisotopic (exact) mass is 709 g/mol. The smallest absolute Gasteiger partial charge is 0.410 e. The Morgan fingerprint density at radius 2 is 1.74 bits per heavy atom.